The molecule has 0 radical (unpaired) electrons. The molecule has 1 aromatic rings. The van der Waals surface area contributed by atoms with Crippen LogP contribution in [-0.4, -0.2) is 43.6 Å². The van der Waals surface area contributed by atoms with Gasteiger partial charge < -0.3 is 15.8 Å². The normalized spacial score (nSPS) is 17.0. The third-order valence-electron chi connectivity index (χ3n) is 5.52. The molecule has 1 aliphatic rings. The van der Waals surface area contributed by atoms with Crippen molar-refractivity contribution in [2.45, 2.75) is 40.0 Å². The zero-order chi connectivity index (χ0) is 18.3. The zero-order valence-electron chi connectivity index (χ0n) is 16.7. The molecule has 1 amide bonds. The van der Waals surface area contributed by atoms with Gasteiger partial charge in [0.15, 0.2) is 0 Å². The lowest BCUT2D eigenvalue weighted by Gasteiger charge is -2.28. The minimum absolute atomic E-state index is 0. The summed E-state index contributed by atoms with van der Waals surface area (Å²) in [5.74, 6) is 1.63. The summed E-state index contributed by atoms with van der Waals surface area (Å²) in [7, 11) is 0. The summed E-state index contributed by atoms with van der Waals surface area (Å²) in [6, 6.07) is 7.59. The van der Waals surface area contributed by atoms with E-state index in [1.165, 1.54) is 19.5 Å². The van der Waals surface area contributed by atoms with Gasteiger partial charge in [0.25, 0.3) is 0 Å². The van der Waals surface area contributed by atoms with Crippen LogP contribution in [0.15, 0.2) is 24.3 Å². The van der Waals surface area contributed by atoms with E-state index in [1.54, 1.807) is 0 Å². The van der Waals surface area contributed by atoms with Crippen LogP contribution in [0.4, 0.5) is 5.69 Å². The van der Waals surface area contributed by atoms with Gasteiger partial charge >= 0.3 is 0 Å². The van der Waals surface area contributed by atoms with Crippen LogP contribution in [0.5, 0.6) is 5.75 Å². The summed E-state index contributed by atoms with van der Waals surface area (Å²) >= 11 is 0. The Hall–Kier alpha value is -1.01. The average molecular weight is 420 g/mol. The first-order chi connectivity index (χ1) is 12.0. The number of halogens is 2. The van der Waals surface area contributed by atoms with Crippen molar-refractivity contribution in [2.75, 3.05) is 38.1 Å². The number of anilines is 1. The third-order valence-corrected chi connectivity index (χ3v) is 5.52. The maximum Gasteiger partial charge on any atom is 0.231 e. The Bertz CT molecular complexity index is 542. The summed E-state index contributed by atoms with van der Waals surface area (Å²) in [5, 5.41) is 2.99. The number of nitrogens with two attached hydrogens (primary N) is 1. The van der Waals surface area contributed by atoms with Gasteiger partial charge in [0, 0.05) is 25.3 Å². The standard InChI is InChI=1S/C20H33N3O2.2ClH/c1-4-20(5-2,15-21)19(24)22-17-6-8-18(9-7-17)25-13-12-23-11-10-16(3)14-23;;/h6-9,16H,4-5,10-15,21H2,1-3H3,(H,22,24);2*1H. The summed E-state index contributed by atoms with van der Waals surface area (Å²) in [6.07, 6.45) is 2.76. The predicted octanol–water partition coefficient (Wildman–Crippen LogP) is 3.95. The lowest BCUT2D eigenvalue weighted by Crippen LogP contribution is -2.41. The second-order valence-electron chi connectivity index (χ2n) is 7.21. The molecule has 1 fully saturated rings. The highest BCUT2D eigenvalue weighted by atomic mass is 35.5. The van der Waals surface area contributed by atoms with Crippen LogP contribution in [0.1, 0.15) is 40.0 Å². The Morgan fingerprint density at radius 2 is 1.89 bits per heavy atom. The molecule has 1 aromatic carbocycles. The van der Waals surface area contributed by atoms with E-state index < -0.39 is 5.41 Å². The van der Waals surface area contributed by atoms with Gasteiger partial charge in [0.2, 0.25) is 5.91 Å². The minimum Gasteiger partial charge on any atom is -0.492 e. The van der Waals surface area contributed by atoms with Crippen LogP contribution >= 0.6 is 24.8 Å². The number of carbonyl (C=O) groups excluding carboxylic acids is 1. The number of amides is 1. The molecule has 1 saturated heterocycles. The molecule has 7 heteroatoms. The Kier molecular flexibility index (Phi) is 12.0. The van der Waals surface area contributed by atoms with Crippen molar-refractivity contribution in [3.63, 3.8) is 0 Å². The topological polar surface area (TPSA) is 67.6 Å². The summed E-state index contributed by atoms with van der Waals surface area (Å²) < 4.78 is 5.82. The van der Waals surface area contributed by atoms with Gasteiger partial charge in [0.1, 0.15) is 12.4 Å². The van der Waals surface area contributed by atoms with E-state index in [9.17, 15) is 4.79 Å². The molecule has 0 aliphatic carbocycles. The lowest BCUT2D eigenvalue weighted by atomic mass is 9.81. The molecule has 1 unspecified atom stereocenters. The maximum atomic E-state index is 12.5. The van der Waals surface area contributed by atoms with E-state index in [0.717, 1.165) is 36.7 Å². The Morgan fingerprint density at radius 1 is 1.26 bits per heavy atom. The summed E-state index contributed by atoms with van der Waals surface area (Å²) in [6.45, 7) is 10.7. The molecule has 0 spiro atoms. The highest BCUT2D eigenvalue weighted by Gasteiger charge is 2.33. The van der Waals surface area contributed by atoms with Gasteiger partial charge in [-0.05, 0) is 56.0 Å². The smallest absolute Gasteiger partial charge is 0.231 e. The molecular formula is C20H35Cl2N3O2. The van der Waals surface area contributed by atoms with Gasteiger partial charge in [-0.3, -0.25) is 9.69 Å². The Balaban J connectivity index is 0.00000338. The molecule has 27 heavy (non-hydrogen) atoms. The van der Waals surface area contributed by atoms with Gasteiger partial charge in [0.05, 0.1) is 5.41 Å². The fourth-order valence-electron chi connectivity index (χ4n) is 3.37. The highest BCUT2D eigenvalue weighted by molar-refractivity contribution is 5.95. The SMILES string of the molecule is CCC(CC)(CN)C(=O)Nc1ccc(OCCN2CCC(C)C2)cc1.Cl.Cl. The maximum absolute atomic E-state index is 12.5. The highest BCUT2D eigenvalue weighted by Crippen LogP contribution is 2.27. The van der Waals surface area contributed by atoms with E-state index in [4.69, 9.17) is 10.5 Å². The fraction of sp³-hybridized carbons (Fsp3) is 0.650. The number of carbonyl (C=O) groups is 1. The van der Waals surface area contributed by atoms with Crippen LogP contribution in [0, 0.1) is 11.3 Å². The first-order valence-electron chi connectivity index (χ1n) is 9.49. The minimum atomic E-state index is -0.484. The van der Waals surface area contributed by atoms with Crippen LogP contribution < -0.4 is 15.8 Å². The number of benzene rings is 1. The Morgan fingerprint density at radius 3 is 2.37 bits per heavy atom. The molecule has 2 rings (SSSR count). The predicted molar refractivity (Wildman–Crippen MR) is 117 cm³/mol. The van der Waals surface area contributed by atoms with E-state index >= 15 is 0 Å². The van der Waals surface area contributed by atoms with E-state index in [-0.39, 0.29) is 30.7 Å². The molecule has 0 aromatic heterocycles. The van der Waals surface area contributed by atoms with Crippen molar-refractivity contribution < 1.29 is 9.53 Å². The number of ether oxygens (including phenoxy) is 1. The molecule has 3 N–H and O–H groups in total. The number of rotatable bonds is 9. The van der Waals surface area contributed by atoms with E-state index in [1.807, 2.05) is 38.1 Å². The van der Waals surface area contributed by atoms with Gasteiger partial charge in [-0.15, -0.1) is 24.8 Å². The van der Waals surface area contributed by atoms with Crippen LogP contribution in [0.25, 0.3) is 0 Å². The fourth-order valence-corrected chi connectivity index (χ4v) is 3.37. The monoisotopic (exact) mass is 419 g/mol. The van der Waals surface area contributed by atoms with E-state index in [0.29, 0.717) is 13.2 Å². The van der Waals surface area contributed by atoms with Crippen LogP contribution in [0.2, 0.25) is 0 Å². The molecule has 1 atom stereocenters. The average Bonchev–Trinajstić information content (AvgIpc) is 3.04. The Labute approximate surface area is 176 Å². The number of nitrogens with one attached hydrogen (secondary N) is 1. The zero-order valence-corrected chi connectivity index (χ0v) is 18.3. The quantitative estimate of drug-likeness (QED) is 0.635. The van der Waals surface area contributed by atoms with Crippen LogP contribution in [0.3, 0.4) is 0 Å². The molecule has 5 nitrogen and oxygen atoms in total. The number of likely N-dealkylation sites (tertiary alicyclic amines) is 1. The molecule has 0 bridgehead atoms. The second-order valence-corrected chi connectivity index (χ2v) is 7.21. The van der Waals surface area contributed by atoms with Gasteiger partial charge in [-0.25, -0.2) is 0 Å². The van der Waals surface area contributed by atoms with Gasteiger partial charge in [-0.1, -0.05) is 20.8 Å². The first-order valence-corrected chi connectivity index (χ1v) is 9.49. The summed E-state index contributed by atoms with van der Waals surface area (Å²) in [4.78, 5) is 15.0. The molecule has 1 aliphatic heterocycles. The number of hydrogen-bond acceptors (Lipinski definition) is 4. The lowest BCUT2D eigenvalue weighted by molar-refractivity contribution is -0.125. The number of hydrogen-bond donors (Lipinski definition) is 2. The van der Waals surface area contributed by atoms with Crippen molar-refractivity contribution in [1.82, 2.24) is 4.90 Å². The van der Waals surface area contributed by atoms with Crippen LogP contribution in [-0.2, 0) is 4.79 Å². The summed E-state index contributed by atoms with van der Waals surface area (Å²) in [5.41, 5.74) is 6.14. The van der Waals surface area contributed by atoms with E-state index in [2.05, 4.69) is 17.1 Å². The molecule has 1 heterocycles. The van der Waals surface area contributed by atoms with Gasteiger partial charge in [-0.2, -0.15) is 0 Å². The van der Waals surface area contributed by atoms with Crippen molar-refractivity contribution in [1.29, 1.82) is 0 Å². The second kappa shape index (κ2) is 12.4. The van der Waals surface area contributed by atoms with Crippen molar-refractivity contribution >= 4 is 36.4 Å². The van der Waals surface area contributed by atoms with Crippen molar-refractivity contribution in [3.8, 4) is 5.75 Å². The molecule has 156 valence electrons. The third kappa shape index (κ3) is 7.15. The largest absolute Gasteiger partial charge is 0.492 e. The molecule has 0 saturated carbocycles. The van der Waals surface area contributed by atoms with Crippen molar-refractivity contribution in [2.24, 2.45) is 17.1 Å². The number of nitrogens with zero attached hydrogens (tertiary/aromatic N) is 1. The first kappa shape index (κ1) is 26.0. The molecular weight excluding hydrogens is 385 g/mol. The van der Waals surface area contributed by atoms with Crippen molar-refractivity contribution in [3.05, 3.63) is 24.3 Å².